The van der Waals surface area contributed by atoms with Crippen LogP contribution in [-0.2, 0) is 6.61 Å². The van der Waals surface area contributed by atoms with Gasteiger partial charge in [0, 0.05) is 8.04 Å². The monoisotopic (exact) mass is 507 g/mol. The Hall–Kier alpha value is -1.86. The molecule has 0 aliphatic rings. The number of amides is 1. The van der Waals surface area contributed by atoms with E-state index in [2.05, 4.69) is 43.8 Å². The van der Waals surface area contributed by atoms with Gasteiger partial charge in [0.25, 0.3) is 5.91 Å². The van der Waals surface area contributed by atoms with Gasteiger partial charge >= 0.3 is 0 Å². The molecule has 0 aromatic heterocycles. The number of hydrogen-bond donors (Lipinski definition) is 1. The van der Waals surface area contributed by atoms with E-state index < -0.39 is 0 Å². The first-order valence-corrected chi connectivity index (χ1v) is 9.53. The summed E-state index contributed by atoms with van der Waals surface area (Å²) in [6.07, 6.45) is 0. The minimum atomic E-state index is -0.200. The van der Waals surface area contributed by atoms with Gasteiger partial charge in [0.15, 0.2) is 0 Å². The number of nitrogens with one attached hydrogen (secondary N) is 1. The Bertz CT molecular complexity index is 884. The third-order valence-corrected chi connectivity index (χ3v) is 4.98. The minimum absolute atomic E-state index is 0.200. The van der Waals surface area contributed by atoms with Gasteiger partial charge in [-0.2, -0.15) is 0 Å². The van der Waals surface area contributed by atoms with Crippen molar-refractivity contribution in [1.29, 1.82) is 0 Å². The number of carbonyl (C=O) groups excluding carboxylic acids is 1. The summed E-state index contributed by atoms with van der Waals surface area (Å²) < 4.78 is 7.69. The summed E-state index contributed by atoms with van der Waals surface area (Å²) in [7, 11) is 0. The lowest BCUT2D eigenvalue weighted by Crippen LogP contribution is -2.14. The molecule has 0 saturated carbocycles. The zero-order chi connectivity index (χ0) is 17.6. The zero-order valence-electron chi connectivity index (χ0n) is 13.2. The molecule has 25 heavy (non-hydrogen) atoms. The van der Waals surface area contributed by atoms with Crippen molar-refractivity contribution < 1.29 is 9.53 Å². The van der Waals surface area contributed by atoms with Gasteiger partial charge in [-0.3, -0.25) is 4.79 Å². The molecule has 126 valence electrons. The number of anilines is 1. The Kier molecular flexibility index (Phi) is 6.09. The van der Waals surface area contributed by atoms with Crippen LogP contribution in [0.1, 0.15) is 15.9 Å². The maximum atomic E-state index is 12.7. The third-order valence-electron chi connectivity index (χ3n) is 3.55. The highest BCUT2D eigenvalue weighted by atomic mass is 127. The van der Waals surface area contributed by atoms with Crippen LogP contribution in [-0.4, -0.2) is 5.91 Å². The molecular weight excluding hydrogens is 493 g/mol. The van der Waals surface area contributed by atoms with E-state index in [-0.39, 0.29) is 5.91 Å². The summed E-state index contributed by atoms with van der Waals surface area (Å²) in [6, 6.07) is 23.0. The van der Waals surface area contributed by atoms with Gasteiger partial charge in [-0.1, -0.05) is 58.4 Å². The number of ether oxygens (including phenoxy) is 1. The summed E-state index contributed by atoms with van der Waals surface area (Å²) in [4.78, 5) is 12.7. The van der Waals surface area contributed by atoms with Crippen molar-refractivity contribution >= 4 is 50.1 Å². The second-order valence-electron chi connectivity index (χ2n) is 5.35. The topological polar surface area (TPSA) is 38.3 Å². The summed E-state index contributed by atoms with van der Waals surface area (Å²) in [6.45, 7) is 0.408. The van der Waals surface area contributed by atoms with Gasteiger partial charge in [0.1, 0.15) is 12.4 Å². The maximum Gasteiger partial charge on any atom is 0.259 e. The molecule has 0 radical (unpaired) electrons. The van der Waals surface area contributed by atoms with Gasteiger partial charge in [-0.15, -0.1) is 0 Å². The number of para-hydroxylation sites is 1. The number of carbonyl (C=O) groups is 1. The molecule has 3 nitrogen and oxygen atoms in total. The number of benzene rings is 3. The Morgan fingerprint density at radius 1 is 1.00 bits per heavy atom. The molecule has 0 fully saturated rings. The molecular formula is C20H15BrINO2. The molecule has 0 aliphatic carbocycles. The second kappa shape index (κ2) is 8.49. The fourth-order valence-corrected chi connectivity index (χ4v) is 3.18. The highest BCUT2D eigenvalue weighted by molar-refractivity contribution is 14.1. The molecule has 0 spiro atoms. The van der Waals surface area contributed by atoms with Crippen LogP contribution < -0.4 is 10.1 Å². The highest BCUT2D eigenvalue weighted by Crippen LogP contribution is 2.26. The van der Waals surface area contributed by atoms with E-state index in [1.807, 2.05) is 60.7 Å². The predicted octanol–water partition coefficient (Wildman–Crippen LogP) is 5.89. The Labute approximate surface area is 168 Å². The van der Waals surface area contributed by atoms with Crippen LogP contribution in [0.5, 0.6) is 5.75 Å². The Morgan fingerprint density at radius 2 is 1.72 bits per heavy atom. The number of hydrogen-bond acceptors (Lipinski definition) is 2. The average molecular weight is 508 g/mol. The second-order valence-corrected chi connectivity index (χ2v) is 7.43. The van der Waals surface area contributed by atoms with Crippen LogP contribution in [0.3, 0.4) is 0 Å². The summed E-state index contributed by atoms with van der Waals surface area (Å²) in [5.74, 6) is 0.351. The van der Waals surface area contributed by atoms with Crippen molar-refractivity contribution in [2.75, 3.05) is 5.32 Å². The van der Waals surface area contributed by atoms with Gasteiger partial charge in [-0.05, 0) is 58.5 Å². The molecule has 3 rings (SSSR count). The van der Waals surface area contributed by atoms with Crippen LogP contribution in [0.15, 0.2) is 77.3 Å². The fourth-order valence-electron chi connectivity index (χ4n) is 2.29. The van der Waals surface area contributed by atoms with E-state index in [1.165, 1.54) is 0 Å². The fraction of sp³-hybridized carbons (Fsp3) is 0.0500. The summed E-state index contributed by atoms with van der Waals surface area (Å²) in [5, 5.41) is 2.95. The molecule has 0 atom stereocenters. The van der Waals surface area contributed by atoms with Crippen LogP contribution in [0.4, 0.5) is 5.69 Å². The molecule has 5 heteroatoms. The quantitative estimate of drug-likeness (QED) is 0.437. The van der Waals surface area contributed by atoms with Gasteiger partial charge in [0.05, 0.1) is 11.3 Å². The zero-order valence-corrected chi connectivity index (χ0v) is 17.0. The van der Waals surface area contributed by atoms with Crippen LogP contribution in [0.25, 0.3) is 0 Å². The lowest BCUT2D eigenvalue weighted by molar-refractivity contribution is 0.102. The third kappa shape index (κ3) is 4.83. The van der Waals surface area contributed by atoms with Crippen molar-refractivity contribution in [3.05, 3.63) is 92.0 Å². The van der Waals surface area contributed by atoms with Gasteiger partial charge in [-0.25, -0.2) is 0 Å². The van der Waals surface area contributed by atoms with Crippen molar-refractivity contribution in [3.63, 3.8) is 0 Å². The highest BCUT2D eigenvalue weighted by Gasteiger charge is 2.15. The van der Waals surface area contributed by atoms with Crippen molar-refractivity contribution in [1.82, 2.24) is 0 Å². The smallest absolute Gasteiger partial charge is 0.259 e. The van der Waals surface area contributed by atoms with Gasteiger partial charge in [0.2, 0.25) is 0 Å². The van der Waals surface area contributed by atoms with Crippen molar-refractivity contribution in [2.45, 2.75) is 6.61 Å². The SMILES string of the molecule is O=C(Nc1ccccc1I)c1cc(Br)ccc1OCc1ccccc1. The molecule has 1 amide bonds. The average Bonchev–Trinajstić information content (AvgIpc) is 2.63. The summed E-state index contributed by atoms with van der Waals surface area (Å²) in [5.41, 5.74) is 2.32. The van der Waals surface area contributed by atoms with E-state index in [1.54, 1.807) is 12.1 Å². The summed E-state index contributed by atoms with van der Waals surface area (Å²) >= 11 is 5.62. The molecule has 0 bridgehead atoms. The van der Waals surface area contributed by atoms with Crippen molar-refractivity contribution in [2.24, 2.45) is 0 Å². The standard InChI is InChI=1S/C20H15BrINO2/c21-15-10-11-19(25-13-14-6-2-1-3-7-14)16(12-15)20(24)23-18-9-5-4-8-17(18)22/h1-12H,13H2,(H,23,24). The molecule has 1 N–H and O–H groups in total. The Balaban J connectivity index is 1.81. The van der Waals surface area contributed by atoms with E-state index in [4.69, 9.17) is 4.74 Å². The van der Waals surface area contributed by atoms with E-state index >= 15 is 0 Å². The predicted molar refractivity (Wildman–Crippen MR) is 112 cm³/mol. The van der Waals surface area contributed by atoms with Crippen LogP contribution >= 0.6 is 38.5 Å². The van der Waals surface area contributed by atoms with Crippen molar-refractivity contribution in [3.8, 4) is 5.75 Å². The number of rotatable bonds is 5. The van der Waals surface area contributed by atoms with E-state index in [0.717, 1.165) is 19.3 Å². The lowest BCUT2D eigenvalue weighted by Gasteiger charge is -2.13. The molecule has 3 aromatic carbocycles. The minimum Gasteiger partial charge on any atom is -0.488 e. The molecule has 0 aliphatic heterocycles. The van der Waals surface area contributed by atoms with E-state index in [9.17, 15) is 4.79 Å². The van der Waals surface area contributed by atoms with Gasteiger partial charge < -0.3 is 10.1 Å². The first-order valence-electron chi connectivity index (χ1n) is 7.65. The largest absolute Gasteiger partial charge is 0.488 e. The number of halogens is 2. The first kappa shape index (κ1) is 17.9. The maximum absolute atomic E-state index is 12.7. The first-order chi connectivity index (χ1) is 12.1. The molecule has 0 unspecified atom stereocenters. The molecule has 0 heterocycles. The van der Waals surface area contributed by atoms with Crippen LogP contribution in [0.2, 0.25) is 0 Å². The van der Waals surface area contributed by atoms with E-state index in [0.29, 0.717) is 17.9 Å². The Morgan fingerprint density at radius 3 is 2.48 bits per heavy atom. The molecule has 3 aromatic rings. The normalized spacial score (nSPS) is 10.3. The van der Waals surface area contributed by atoms with Crippen LogP contribution in [0, 0.1) is 3.57 Å². The lowest BCUT2D eigenvalue weighted by atomic mass is 10.1. The molecule has 0 saturated heterocycles.